The van der Waals surface area contributed by atoms with Crippen LogP contribution >= 0.6 is 0 Å². The van der Waals surface area contributed by atoms with Crippen molar-refractivity contribution in [3.8, 4) is 0 Å². The van der Waals surface area contributed by atoms with Crippen LogP contribution in [0.5, 0.6) is 0 Å². The van der Waals surface area contributed by atoms with Crippen molar-refractivity contribution in [3.05, 3.63) is 0 Å². The average molecular weight is 313 g/mol. The van der Waals surface area contributed by atoms with Gasteiger partial charge in [0.25, 0.3) is 0 Å². The Bertz CT molecular complexity index is 287. The van der Waals surface area contributed by atoms with Gasteiger partial charge in [-0.05, 0) is 30.1 Å². The fourth-order valence-electron chi connectivity index (χ4n) is 3.64. The number of aliphatic carboxylic acids is 1. The zero-order valence-corrected chi connectivity index (χ0v) is 15.8. The highest BCUT2D eigenvalue weighted by Gasteiger charge is 2.24. The molecule has 132 valence electrons. The molecule has 0 saturated heterocycles. The molecule has 2 nitrogen and oxygen atoms in total. The minimum absolute atomic E-state index is 0.338. The first kappa shape index (κ1) is 21.5. The highest BCUT2D eigenvalue weighted by molar-refractivity contribution is 5.66. The Morgan fingerprint density at radius 1 is 0.727 bits per heavy atom. The first-order chi connectivity index (χ1) is 10.1. The molecule has 0 atom stereocenters. The summed E-state index contributed by atoms with van der Waals surface area (Å²) in [5.74, 6) is -0.658. The molecule has 0 aromatic rings. The summed E-state index contributed by atoms with van der Waals surface area (Å²) in [5, 5.41) is 8.56. The molecule has 0 aromatic heterocycles. The highest BCUT2D eigenvalue weighted by atomic mass is 16.4. The van der Waals surface area contributed by atoms with Crippen molar-refractivity contribution < 1.29 is 9.90 Å². The van der Waals surface area contributed by atoms with Crippen LogP contribution in [-0.2, 0) is 4.79 Å². The van der Waals surface area contributed by atoms with Crippen molar-refractivity contribution in [2.45, 2.75) is 112 Å². The van der Waals surface area contributed by atoms with E-state index in [0.717, 1.165) is 12.8 Å². The Kier molecular flexibility index (Phi) is 10.8. The molecule has 0 amide bonds. The number of unbranched alkanes of at least 4 members (excludes halogenated alkanes) is 8. The molecule has 0 bridgehead atoms. The number of carbonyl (C=O) groups is 1. The maximum atomic E-state index is 10.4. The van der Waals surface area contributed by atoms with Gasteiger partial charge in [0, 0.05) is 6.42 Å². The molecule has 0 aromatic carbocycles. The van der Waals surface area contributed by atoms with Gasteiger partial charge >= 0.3 is 5.97 Å². The third kappa shape index (κ3) is 15.9. The van der Waals surface area contributed by atoms with Crippen LogP contribution in [0.1, 0.15) is 112 Å². The van der Waals surface area contributed by atoms with Gasteiger partial charge in [-0.2, -0.15) is 0 Å². The molecule has 0 aliphatic heterocycles. The fraction of sp³-hybridized carbons (Fsp3) is 0.950. The highest BCUT2D eigenvalue weighted by Crippen LogP contribution is 2.37. The normalized spacial score (nSPS) is 12.6. The van der Waals surface area contributed by atoms with Gasteiger partial charge in [-0.1, -0.05) is 86.0 Å². The van der Waals surface area contributed by atoms with Gasteiger partial charge in [-0.15, -0.1) is 0 Å². The van der Waals surface area contributed by atoms with Crippen LogP contribution in [0.2, 0.25) is 0 Å². The van der Waals surface area contributed by atoms with E-state index >= 15 is 0 Å². The zero-order chi connectivity index (χ0) is 17.1. The fourth-order valence-corrected chi connectivity index (χ4v) is 3.64. The van der Waals surface area contributed by atoms with E-state index in [1.165, 1.54) is 57.8 Å². The second kappa shape index (κ2) is 11.1. The third-order valence-corrected chi connectivity index (χ3v) is 4.25. The van der Waals surface area contributed by atoms with Gasteiger partial charge in [-0.3, -0.25) is 4.79 Å². The van der Waals surface area contributed by atoms with Crippen molar-refractivity contribution in [1.82, 2.24) is 0 Å². The predicted octanol–water partition coefficient (Wildman–Crippen LogP) is 6.82. The van der Waals surface area contributed by atoms with E-state index in [4.69, 9.17) is 5.11 Å². The largest absolute Gasteiger partial charge is 0.481 e. The first-order valence-electron chi connectivity index (χ1n) is 9.34. The second-order valence-corrected chi connectivity index (χ2v) is 8.98. The van der Waals surface area contributed by atoms with E-state index in [9.17, 15) is 4.79 Å². The molecule has 2 heteroatoms. The first-order valence-corrected chi connectivity index (χ1v) is 9.34. The van der Waals surface area contributed by atoms with E-state index in [2.05, 4.69) is 34.6 Å². The third-order valence-electron chi connectivity index (χ3n) is 4.25. The molecule has 0 heterocycles. The van der Waals surface area contributed by atoms with E-state index in [1.54, 1.807) is 0 Å². The molecule has 0 spiro atoms. The Morgan fingerprint density at radius 2 is 1.14 bits per heavy atom. The maximum Gasteiger partial charge on any atom is 0.303 e. The van der Waals surface area contributed by atoms with Crippen LogP contribution in [0.3, 0.4) is 0 Å². The molecule has 0 radical (unpaired) electrons. The van der Waals surface area contributed by atoms with Crippen molar-refractivity contribution >= 4 is 5.97 Å². The Balaban J connectivity index is 3.38. The summed E-state index contributed by atoms with van der Waals surface area (Å²) in [4.78, 5) is 10.4. The molecular formula is C20H40O2. The molecule has 0 unspecified atom stereocenters. The standard InChI is InChI=1S/C20H40O2/c1-19(2,3)17-20(4,5)16-14-12-10-8-6-7-9-11-13-15-18(21)22/h6-17H2,1-5H3,(H,21,22). The van der Waals surface area contributed by atoms with Crippen molar-refractivity contribution in [1.29, 1.82) is 0 Å². The van der Waals surface area contributed by atoms with E-state index in [0.29, 0.717) is 17.3 Å². The number of carboxylic acids is 1. The van der Waals surface area contributed by atoms with Crippen molar-refractivity contribution in [3.63, 3.8) is 0 Å². The van der Waals surface area contributed by atoms with Crippen LogP contribution in [0.25, 0.3) is 0 Å². The summed E-state index contributed by atoms with van der Waals surface area (Å²) >= 11 is 0. The van der Waals surface area contributed by atoms with Gasteiger partial charge in [0.05, 0.1) is 0 Å². The number of hydrogen-bond acceptors (Lipinski definition) is 1. The molecule has 0 saturated carbocycles. The second-order valence-electron chi connectivity index (χ2n) is 8.98. The lowest BCUT2D eigenvalue weighted by molar-refractivity contribution is -0.137. The lowest BCUT2D eigenvalue weighted by Gasteiger charge is -2.32. The number of carboxylic acid groups (broad SMARTS) is 1. The Labute approximate surface area is 139 Å². The van der Waals surface area contributed by atoms with E-state index in [1.807, 2.05) is 0 Å². The van der Waals surface area contributed by atoms with Crippen molar-refractivity contribution in [2.75, 3.05) is 0 Å². The maximum absolute atomic E-state index is 10.4. The van der Waals surface area contributed by atoms with Crippen LogP contribution in [-0.4, -0.2) is 11.1 Å². The average Bonchev–Trinajstić information content (AvgIpc) is 2.32. The molecular weight excluding hydrogens is 272 g/mol. The van der Waals surface area contributed by atoms with Crippen LogP contribution < -0.4 is 0 Å². The summed E-state index contributed by atoms with van der Waals surface area (Å²) in [7, 11) is 0. The summed E-state index contributed by atoms with van der Waals surface area (Å²) in [5.41, 5.74) is 0.909. The predicted molar refractivity (Wildman–Crippen MR) is 96.3 cm³/mol. The molecule has 0 aliphatic rings. The Hall–Kier alpha value is -0.530. The van der Waals surface area contributed by atoms with Crippen LogP contribution in [0.15, 0.2) is 0 Å². The van der Waals surface area contributed by atoms with Gasteiger partial charge in [-0.25, -0.2) is 0 Å². The zero-order valence-electron chi connectivity index (χ0n) is 15.8. The smallest absolute Gasteiger partial charge is 0.303 e. The number of rotatable bonds is 13. The summed E-state index contributed by atoms with van der Waals surface area (Å²) in [6, 6.07) is 0. The molecule has 0 aliphatic carbocycles. The van der Waals surface area contributed by atoms with Gasteiger partial charge in [0.15, 0.2) is 0 Å². The minimum Gasteiger partial charge on any atom is -0.481 e. The SMILES string of the molecule is CC(C)(C)CC(C)(C)CCCCCCCCCCCC(=O)O. The van der Waals surface area contributed by atoms with E-state index < -0.39 is 5.97 Å². The monoisotopic (exact) mass is 312 g/mol. The van der Waals surface area contributed by atoms with E-state index in [-0.39, 0.29) is 0 Å². The van der Waals surface area contributed by atoms with Crippen LogP contribution in [0.4, 0.5) is 0 Å². The van der Waals surface area contributed by atoms with Crippen LogP contribution in [0, 0.1) is 10.8 Å². The minimum atomic E-state index is -0.658. The number of hydrogen-bond donors (Lipinski definition) is 1. The quantitative estimate of drug-likeness (QED) is 0.379. The Morgan fingerprint density at radius 3 is 1.55 bits per heavy atom. The molecule has 22 heavy (non-hydrogen) atoms. The molecule has 1 N–H and O–H groups in total. The van der Waals surface area contributed by atoms with Crippen molar-refractivity contribution in [2.24, 2.45) is 10.8 Å². The van der Waals surface area contributed by atoms with Gasteiger partial charge < -0.3 is 5.11 Å². The molecule has 0 rings (SSSR count). The lowest BCUT2D eigenvalue weighted by atomic mass is 9.73. The van der Waals surface area contributed by atoms with Gasteiger partial charge in [0.2, 0.25) is 0 Å². The lowest BCUT2D eigenvalue weighted by Crippen LogP contribution is -2.20. The van der Waals surface area contributed by atoms with Gasteiger partial charge in [0.1, 0.15) is 0 Å². The summed E-state index contributed by atoms with van der Waals surface area (Å²) in [6.07, 6.45) is 14.1. The molecule has 0 fully saturated rings. The topological polar surface area (TPSA) is 37.3 Å². The summed E-state index contributed by atoms with van der Waals surface area (Å²) < 4.78 is 0. The summed E-state index contributed by atoms with van der Waals surface area (Å²) in [6.45, 7) is 11.8.